The molecule has 7 nitrogen and oxygen atoms in total. The van der Waals surface area contributed by atoms with Gasteiger partial charge in [-0.3, -0.25) is 4.79 Å². The molecule has 140 valence electrons. The monoisotopic (exact) mass is 364 g/mol. The van der Waals surface area contributed by atoms with Gasteiger partial charge >= 0.3 is 0 Å². The van der Waals surface area contributed by atoms with E-state index in [1.54, 1.807) is 6.33 Å². The van der Waals surface area contributed by atoms with Crippen LogP contribution in [-0.4, -0.2) is 56.3 Å². The summed E-state index contributed by atoms with van der Waals surface area (Å²) in [4.78, 5) is 30.5. The summed E-state index contributed by atoms with van der Waals surface area (Å²) >= 11 is 0. The van der Waals surface area contributed by atoms with Crippen LogP contribution in [-0.2, 0) is 0 Å². The van der Waals surface area contributed by atoms with Crippen molar-refractivity contribution in [3.8, 4) is 0 Å². The maximum absolute atomic E-state index is 12.8. The fraction of sp³-hybridized carbons (Fsp3) is 0.400. The highest BCUT2D eigenvalue weighted by Gasteiger charge is 2.24. The Balaban J connectivity index is 1.46. The van der Waals surface area contributed by atoms with E-state index in [1.165, 1.54) is 0 Å². The third-order valence-electron chi connectivity index (χ3n) is 4.90. The quantitative estimate of drug-likeness (QED) is 0.714. The molecule has 0 N–H and O–H groups in total. The zero-order chi connectivity index (χ0) is 19.0. The molecular formula is C20H24N6O. The molecule has 3 aromatic rings. The summed E-state index contributed by atoms with van der Waals surface area (Å²) in [6, 6.07) is 7.78. The smallest absolute Gasteiger partial charge is 0.272 e. The van der Waals surface area contributed by atoms with E-state index in [0.29, 0.717) is 24.7 Å². The maximum Gasteiger partial charge on any atom is 0.272 e. The van der Waals surface area contributed by atoms with E-state index in [0.717, 1.165) is 35.9 Å². The highest BCUT2D eigenvalue weighted by Crippen LogP contribution is 2.19. The van der Waals surface area contributed by atoms with Crippen LogP contribution in [0, 0.1) is 6.92 Å². The first-order valence-corrected chi connectivity index (χ1v) is 9.34. The molecule has 1 aliphatic heterocycles. The predicted octanol–water partition coefficient (Wildman–Crippen LogP) is 2.52. The van der Waals surface area contributed by atoms with Crippen molar-refractivity contribution < 1.29 is 4.79 Å². The summed E-state index contributed by atoms with van der Waals surface area (Å²) in [6.45, 7) is 9.04. The molecule has 7 heteroatoms. The molecule has 4 heterocycles. The van der Waals surface area contributed by atoms with Gasteiger partial charge in [0, 0.05) is 55.6 Å². The number of hydrogen-bond acceptors (Lipinski definition) is 5. The summed E-state index contributed by atoms with van der Waals surface area (Å²) in [6.07, 6.45) is 3.61. The molecule has 1 amide bonds. The van der Waals surface area contributed by atoms with Crippen molar-refractivity contribution in [2.75, 3.05) is 31.1 Å². The second-order valence-electron chi connectivity index (χ2n) is 7.27. The Morgan fingerprint density at radius 2 is 1.89 bits per heavy atom. The molecule has 0 saturated carbocycles. The van der Waals surface area contributed by atoms with Gasteiger partial charge in [-0.05, 0) is 25.1 Å². The van der Waals surface area contributed by atoms with Crippen LogP contribution in [0.2, 0.25) is 0 Å². The zero-order valence-electron chi connectivity index (χ0n) is 16.0. The van der Waals surface area contributed by atoms with Crippen LogP contribution < -0.4 is 4.90 Å². The molecule has 1 saturated heterocycles. The molecular weight excluding hydrogens is 340 g/mol. The van der Waals surface area contributed by atoms with Crippen LogP contribution in [0.5, 0.6) is 0 Å². The summed E-state index contributed by atoms with van der Waals surface area (Å²) in [7, 11) is 0. The lowest BCUT2D eigenvalue weighted by atomic mass is 10.2. The van der Waals surface area contributed by atoms with Crippen LogP contribution >= 0.6 is 0 Å². The van der Waals surface area contributed by atoms with Gasteiger partial charge in [0.1, 0.15) is 17.3 Å². The number of carbonyl (C=O) groups excluding carboxylic acids is 1. The van der Waals surface area contributed by atoms with E-state index in [2.05, 4.69) is 28.7 Å². The van der Waals surface area contributed by atoms with Crippen molar-refractivity contribution >= 4 is 17.2 Å². The predicted molar refractivity (Wildman–Crippen MR) is 104 cm³/mol. The Morgan fingerprint density at radius 1 is 1.11 bits per heavy atom. The van der Waals surface area contributed by atoms with Crippen molar-refractivity contribution in [3.63, 3.8) is 0 Å². The van der Waals surface area contributed by atoms with Crippen LogP contribution in [0.4, 0.5) is 5.82 Å². The van der Waals surface area contributed by atoms with Gasteiger partial charge in [-0.25, -0.2) is 15.0 Å². The number of anilines is 1. The average molecular weight is 364 g/mol. The topological polar surface area (TPSA) is 66.6 Å². The molecule has 4 rings (SSSR count). The van der Waals surface area contributed by atoms with Gasteiger partial charge in [-0.1, -0.05) is 13.8 Å². The van der Waals surface area contributed by atoms with Crippen LogP contribution in [0.3, 0.4) is 0 Å². The number of aryl methyl sites for hydroxylation is 1. The molecule has 1 fully saturated rings. The number of carbonyl (C=O) groups is 1. The van der Waals surface area contributed by atoms with Crippen molar-refractivity contribution in [3.05, 3.63) is 54.0 Å². The second kappa shape index (κ2) is 6.98. The van der Waals surface area contributed by atoms with Crippen molar-refractivity contribution in [1.82, 2.24) is 24.3 Å². The fourth-order valence-corrected chi connectivity index (χ4v) is 3.35. The van der Waals surface area contributed by atoms with Crippen LogP contribution in [0.1, 0.15) is 41.8 Å². The van der Waals surface area contributed by atoms with E-state index in [4.69, 9.17) is 4.98 Å². The minimum atomic E-state index is -0.0138. The number of fused-ring (bicyclic) bond motifs is 1. The number of nitrogens with zero attached hydrogens (tertiary/aromatic N) is 6. The lowest BCUT2D eigenvalue weighted by molar-refractivity contribution is 0.0740. The van der Waals surface area contributed by atoms with Gasteiger partial charge in [0.25, 0.3) is 5.91 Å². The average Bonchev–Trinajstić information content (AvgIpc) is 3.15. The minimum Gasteiger partial charge on any atom is -0.353 e. The van der Waals surface area contributed by atoms with Gasteiger partial charge in [0.05, 0.1) is 6.33 Å². The Hall–Kier alpha value is -2.96. The Labute approximate surface area is 158 Å². The third kappa shape index (κ3) is 3.49. The fourth-order valence-electron chi connectivity index (χ4n) is 3.35. The summed E-state index contributed by atoms with van der Waals surface area (Å²) in [5.41, 5.74) is 2.45. The molecule has 27 heavy (non-hydrogen) atoms. The molecule has 0 spiro atoms. The van der Waals surface area contributed by atoms with E-state index in [-0.39, 0.29) is 5.91 Å². The summed E-state index contributed by atoms with van der Waals surface area (Å²) in [5.74, 6) is 2.10. The van der Waals surface area contributed by atoms with Crippen LogP contribution in [0.15, 0.2) is 36.8 Å². The SMILES string of the molecule is Cc1cc(N2CCN(C(=O)c3cc4cccn4cn3)CC2)nc(C(C)C)n1. The van der Waals surface area contributed by atoms with Crippen molar-refractivity contribution in [2.24, 2.45) is 0 Å². The number of amides is 1. The molecule has 0 aromatic carbocycles. The second-order valence-corrected chi connectivity index (χ2v) is 7.27. The van der Waals surface area contributed by atoms with Gasteiger partial charge in [0.15, 0.2) is 0 Å². The van der Waals surface area contributed by atoms with Gasteiger partial charge in [-0.2, -0.15) is 0 Å². The largest absolute Gasteiger partial charge is 0.353 e. The molecule has 1 aliphatic rings. The molecule has 0 atom stereocenters. The molecule has 0 unspecified atom stereocenters. The molecule has 3 aromatic heterocycles. The van der Waals surface area contributed by atoms with E-state index >= 15 is 0 Å². The normalized spacial score (nSPS) is 15.0. The van der Waals surface area contributed by atoms with Gasteiger partial charge in [0.2, 0.25) is 0 Å². The lowest BCUT2D eigenvalue weighted by Gasteiger charge is -2.35. The zero-order valence-corrected chi connectivity index (χ0v) is 16.0. The Kier molecular flexibility index (Phi) is 4.51. The summed E-state index contributed by atoms with van der Waals surface area (Å²) in [5, 5.41) is 0. The number of rotatable bonds is 3. The third-order valence-corrected chi connectivity index (χ3v) is 4.90. The Bertz CT molecular complexity index is 972. The Morgan fingerprint density at radius 3 is 2.63 bits per heavy atom. The van der Waals surface area contributed by atoms with E-state index in [1.807, 2.05) is 46.7 Å². The number of hydrogen-bond donors (Lipinski definition) is 0. The van der Waals surface area contributed by atoms with Gasteiger partial charge in [-0.15, -0.1) is 0 Å². The standard InChI is InChI=1S/C20H24N6O/c1-14(2)19-22-15(3)11-18(23-19)24-7-9-25(10-8-24)20(27)17-12-16-5-4-6-26(16)13-21-17/h4-6,11-14H,7-10H2,1-3H3. The van der Waals surface area contributed by atoms with Crippen LogP contribution in [0.25, 0.3) is 5.52 Å². The van der Waals surface area contributed by atoms with E-state index in [9.17, 15) is 4.79 Å². The van der Waals surface area contributed by atoms with Crippen molar-refractivity contribution in [1.29, 1.82) is 0 Å². The van der Waals surface area contributed by atoms with E-state index < -0.39 is 0 Å². The number of aromatic nitrogens is 4. The van der Waals surface area contributed by atoms with Crippen molar-refractivity contribution in [2.45, 2.75) is 26.7 Å². The maximum atomic E-state index is 12.8. The summed E-state index contributed by atoms with van der Waals surface area (Å²) < 4.78 is 1.90. The number of piperazine rings is 1. The first-order chi connectivity index (χ1) is 13.0. The molecule has 0 bridgehead atoms. The highest BCUT2D eigenvalue weighted by molar-refractivity contribution is 5.93. The first-order valence-electron chi connectivity index (χ1n) is 9.34. The van der Waals surface area contributed by atoms with Gasteiger partial charge < -0.3 is 14.2 Å². The first kappa shape index (κ1) is 17.5. The molecule has 0 aliphatic carbocycles. The molecule has 0 radical (unpaired) electrons. The lowest BCUT2D eigenvalue weighted by Crippen LogP contribution is -2.49. The highest BCUT2D eigenvalue weighted by atomic mass is 16.2. The minimum absolute atomic E-state index is 0.0138.